The van der Waals surface area contributed by atoms with Crippen LogP contribution < -0.4 is 5.32 Å². The third kappa shape index (κ3) is 3.14. The van der Waals surface area contributed by atoms with Crippen molar-refractivity contribution in [2.24, 2.45) is 0 Å². The average Bonchev–Trinajstić information content (AvgIpc) is 2.82. The molecule has 1 heterocycles. The van der Waals surface area contributed by atoms with E-state index in [1.54, 1.807) is 12.4 Å². The van der Waals surface area contributed by atoms with Gasteiger partial charge in [-0.15, -0.1) is 11.3 Å². The van der Waals surface area contributed by atoms with E-state index in [0.29, 0.717) is 6.07 Å². The molecule has 1 aromatic heterocycles. The molecule has 110 valence electrons. The number of halogens is 1. The van der Waals surface area contributed by atoms with E-state index in [1.807, 2.05) is 0 Å². The average molecular weight is 311 g/mol. The lowest BCUT2D eigenvalue weighted by Crippen LogP contribution is -2.07. The molecule has 2 rings (SSSR count). The van der Waals surface area contributed by atoms with Crippen LogP contribution in [0, 0.1) is 22.9 Å². The minimum absolute atomic E-state index is 0.106. The number of thiazole rings is 1. The fourth-order valence-corrected chi connectivity index (χ4v) is 2.41. The van der Waals surface area contributed by atoms with Crippen LogP contribution in [-0.4, -0.2) is 21.0 Å². The highest BCUT2D eigenvalue weighted by atomic mass is 32.1. The summed E-state index contributed by atoms with van der Waals surface area (Å²) in [7, 11) is 0. The third-order valence-electron chi connectivity index (χ3n) is 2.80. The first-order valence-corrected chi connectivity index (χ1v) is 6.62. The molecule has 0 bridgehead atoms. The molecular weight excluding hydrogens is 301 g/mol. The number of hydrogen-bond acceptors (Lipinski definition) is 6. The van der Waals surface area contributed by atoms with Crippen LogP contribution in [0.1, 0.15) is 20.9 Å². The van der Waals surface area contributed by atoms with Crippen LogP contribution >= 0.6 is 11.3 Å². The fourth-order valence-electron chi connectivity index (χ4n) is 1.69. The summed E-state index contributed by atoms with van der Waals surface area (Å²) in [6, 6.07) is 1.53. The molecule has 9 heteroatoms. The lowest BCUT2D eigenvalue weighted by molar-refractivity contribution is -0.385. The molecule has 0 fully saturated rings. The molecule has 0 aliphatic rings. The summed E-state index contributed by atoms with van der Waals surface area (Å²) >= 11 is 1.37. The molecule has 2 N–H and O–H groups in total. The number of nitrogens with zero attached hydrogens (tertiary/aromatic N) is 2. The number of nitrogens with one attached hydrogen (secondary N) is 1. The Morgan fingerprint density at radius 1 is 1.57 bits per heavy atom. The summed E-state index contributed by atoms with van der Waals surface area (Å²) in [4.78, 5) is 25.7. The van der Waals surface area contributed by atoms with Gasteiger partial charge in [-0.2, -0.15) is 0 Å². The molecule has 0 aliphatic heterocycles. The summed E-state index contributed by atoms with van der Waals surface area (Å²) in [5, 5.41) is 22.4. The summed E-state index contributed by atoms with van der Waals surface area (Å²) < 4.78 is 13.8. The number of aromatic nitrogens is 1. The Labute approximate surface area is 122 Å². The summed E-state index contributed by atoms with van der Waals surface area (Å²) in [6.45, 7) is 2.05. The molecular formula is C12H10FN3O4S. The molecule has 21 heavy (non-hydrogen) atoms. The van der Waals surface area contributed by atoms with Crippen molar-refractivity contribution in [1.29, 1.82) is 0 Å². The highest BCUT2D eigenvalue weighted by Gasteiger charge is 2.23. The number of nitro benzene ring substituents is 1. The lowest BCUT2D eigenvalue weighted by Gasteiger charge is -2.08. The molecule has 0 unspecified atom stereocenters. The van der Waals surface area contributed by atoms with Gasteiger partial charge < -0.3 is 10.4 Å². The Balaban J connectivity index is 2.32. The number of carboxylic acid groups (broad SMARTS) is 1. The smallest absolute Gasteiger partial charge is 0.342 e. The quantitative estimate of drug-likeness (QED) is 0.649. The Morgan fingerprint density at radius 3 is 2.81 bits per heavy atom. The Morgan fingerprint density at radius 2 is 2.29 bits per heavy atom. The maximum Gasteiger partial charge on any atom is 0.342 e. The number of anilines is 1. The first kappa shape index (κ1) is 14.9. The number of hydrogen-bond donors (Lipinski definition) is 2. The van der Waals surface area contributed by atoms with E-state index in [0.717, 1.165) is 16.6 Å². The van der Waals surface area contributed by atoms with Crippen LogP contribution in [0.4, 0.5) is 15.8 Å². The van der Waals surface area contributed by atoms with E-state index in [4.69, 9.17) is 5.11 Å². The Kier molecular flexibility index (Phi) is 4.13. The van der Waals surface area contributed by atoms with E-state index >= 15 is 0 Å². The number of carbonyl (C=O) groups is 1. The number of rotatable bonds is 5. The van der Waals surface area contributed by atoms with Crippen LogP contribution in [0.25, 0.3) is 0 Å². The minimum Gasteiger partial charge on any atom is -0.477 e. The topological polar surface area (TPSA) is 105 Å². The zero-order valence-electron chi connectivity index (χ0n) is 10.8. The Bertz CT molecular complexity index is 717. The van der Waals surface area contributed by atoms with Crippen molar-refractivity contribution in [3.8, 4) is 0 Å². The summed E-state index contributed by atoms with van der Waals surface area (Å²) in [5.74, 6) is -2.37. The van der Waals surface area contributed by atoms with Gasteiger partial charge in [0.15, 0.2) is 5.82 Å². The van der Waals surface area contributed by atoms with Crippen molar-refractivity contribution in [3.05, 3.63) is 49.7 Å². The number of benzene rings is 1. The van der Waals surface area contributed by atoms with E-state index in [-0.39, 0.29) is 12.2 Å². The molecule has 0 saturated heterocycles. The number of carboxylic acids is 1. The highest BCUT2D eigenvalue weighted by molar-refractivity contribution is 7.09. The molecule has 0 amide bonds. The fraction of sp³-hybridized carbons (Fsp3) is 0.167. The molecule has 0 radical (unpaired) electrons. The first-order valence-electron chi connectivity index (χ1n) is 5.74. The van der Waals surface area contributed by atoms with E-state index < -0.39 is 28.0 Å². The van der Waals surface area contributed by atoms with Gasteiger partial charge in [0.05, 0.1) is 34.4 Å². The molecule has 0 aliphatic carbocycles. The van der Waals surface area contributed by atoms with Gasteiger partial charge in [0, 0.05) is 4.88 Å². The normalized spacial score (nSPS) is 10.4. The van der Waals surface area contributed by atoms with Crippen LogP contribution in [0.3, 0.4) is 0 Å². The van der Waals surface area contributed by atoms with Crippen molar-refractivity contribution in [2.45, 2.75) is 13.5 Å². The second-order valence-corrected chi connectivity index (χ2v) is 5.07. The van der Waals surface area contributed by atoms with Gasteiger partial charge in [-0.05, 0) is 13.0 Å². The van der Waals surface area contributed by atoms with Crippen LogP contribution in [0.15, 0.2) is 17.6 Å². The maximum absolute atomic E-state index is 13.8. The molecule has 7 nitrogen and oxygen atoms in total. The van der Waals surface area contributed by atoms with Crippen molar-refractivity contribution in [1.82, 2.24) is 4.98 Å². The van der Waals surface area contributed by atoms with Crippen LogP contribution in [-0.2, 0) is 6.54 Å². The zero-order chi connectivity index (χ0) is 15.6. The molecule has 0 spiro atoms. The summed E-state index contributed by atoms with van der Waals surface area (Å²) in [6.07, 6.45) is 0. The second-order valence-electron chi connectivity index (χ2n) is 4.13. The number of aryl methyl sites for hydroxylation is 1. The predicted molar refractivity (Wildman–Crippen MR) is 74.2 cm³/mol. The summed E-state index contributed by atoms with van der Waals surface area (Å²) in [5.41, 5.74) is 0.977. The standard InChI is InChI=1S/C12H10FN3O4S/c1-6-11(21-5-15-6)4-14-9-2-7(12(17)18)10(16(19)20)3-8(9)13/h2-3,5,14H,4H2,1H3,(H,17,18). The second kappa shape index (κ2) is 5.83. The molecule has 0 saturated carbocycles. The van der Waals surface area contributed by atoms with Crippen molar-refractivity contribution in [2.75, 3.05) is 5.32 Å². The van der Waals surface area contributed by atoms with Crippen molar-refractivity contribution < 1.29 is 19.2 Å². The van der Waals surface area contributed by atoms with Gasteiger partial charge in [-0.25, -0.2) is 14.2 Å². The van der Waals surface area contributed by atoms with E-state index in [1.165, 1.54) is 11.3 Å². The highest BCUT2D eigenvalue weighted by Crippen LogP contribution is 2.27. The largest absolute Gasteiger partial charge is 0.477 e. The lowest BCUT2D eigenvalue weighted by atomic mass is 10.1. The van der Waals surface area contributed by atoms with Gasteiger partial charge >= 0.3 is 5.97 Å². The van der Waals surface area contributed by atoms with Gasteiger partial charge in [-0.3, -0.25) is 10.1 Å². The number of nitro groups is 1. The van der Waals surface area contributed by atoms with E-state index in [9.17, 15) is 19.3 Å². The molecule has 1 aromatic carbocycles. The molecule has 2 aromatic rings. The van der Waals surface area contributed by atoms with Crippen LogP contribution in [0.5, 0.6) is 0 Å². The monoisotopic (exact) mass is 311 g/mol. The van der Waals surface area contributed by atoms with E-state index in [2.05, 4.69) is 10.3 Å². The van der Waals surface area contributed by atoms with Crippen molar-refractivity contribution >= 4 is 28.7 Å². The van der Waals surface area contributed by atoms with Crippen molar-refractivity contribution in [3.63, 3.8) is 0 Å². The first-order chi connectivity index (χ1) is 9.90. The third-order valence-corrected chi connectivity index (χ3v) is 3.73. The van der Waals surface area contributed by atoms with Gasteiger partial charge in [-0.1, -0.05) is 0 Å². The SMILES string of the molecule is Cc1ncsc1CNc1cc(C(=O)O)c([N+](=O)[O-])cc1F. The van der Waals surface area contributed by atoms with Gasteiger partial charge in [0.25, 0.3) is 5.69 Å². The predicted octanol–water partition coefficient (Wildman–Crippen LogP) is 2.81. The van der Waals surface area contributed by atoms with Gasteiger partial charge in [0.2, 0.25) is 0 Å². The van der Waals surface area contributed by atoms with Gasteiger partial charge in [0.1, 0.15) is 5.56 Å². The number of aromatic carboxylic acids is 1. The zero-order valence-corrected chi connectivity index (χ0v) is 11.6. The maximum atomic E-state index is 13.8. The minimum atomic E-state index is -1.49. The molecule has 0 atom stereocenters. The Hall–Kier alpha value is -2.55. The van der Waals surface area contributed by atoms with Crippen LogP contribution in [0.2, 0.25) is 0 Å².